The van der Waals surface area contributed by atoms with Crippen LogP contribution in [0.1, 0.15) is 21.5 Å². The second kappa shape index (κ2) is 7.95. The summed E-state index contributed by atoms with van der Waals surface area (Å²) in [6, 6.07) is 20.5. The second-order valence-electron chi connectivity index (χ2n) is 5.76. The van der Waals surface area contributed by atoms with Gasteiger partial charge in [-0.3, -0.25) is 4.79 Å². The van der Waals surface area contributed by atoms with Gasteiger partial charge in [-0.2, -0.15) is 13.2 Å². The fourth-order valence-corrected chi connectivity index (χ4v) is 2.58. The molecule has 0 unspecified atom stereocenters. The smallest absolute Gasteiger partial charge is 0.416 e. The van der Waals surface area contributed by atoms with Gasteiger partial charge >= 0.3 is 6.18 Å². The molecule has 0 saturated heterocycles. The zero-order valence-corrected chi connectivity index (χ0v) is 14.2. The highest BCUT2D eigenvalue weighted by Crippen LogP contribution is 2.32. The van der Waals surface area contributed by atoms with E-state index in [4.69, 9.17) is 4.74 Å². The second-order valence-corrected chi connectivity index (χ2v) is 5.76. The van der Waals surface area contributed by atoms with Crippen LogP contribution in [0.15, 0.2) is 78.9 Å². The van der Waals surface area contributed by atoms with Crippen molar-refractivity contribution in [2.24, 2.45) is 0 Å². The summed E-state index contributed by atoms with van der Waals surface area (Å²) in [7, 11) is 0. The van der Waals surface area contributed by atoms with Crippen LogP contribution in [-0.2, 0) is 12.8 Å². The fraction of sp³-hybridized carbons (Fsp3) is 0.0952. The van der Waals surface area contributed by atoms with Gasteiger partial charge in [-0.15, -0.1) is 0 Å². The number of carbonyl (C=O) groups excluding carboxylic acids is 1. The molecule has 0 heterocycles. The first-order valence-electron chi connectivity index (χ1n) is 8.18. The monoisotopic (exact) mass is 371 g/mol. The Bertz CT molecular complexity index is 924. The van der Waals surface area contributed by atoms with Gasteiger partial charge in [0.05, 0.1) is 11.1 Å². The van der Waals surface area contributed by atoms with E-state index in [9.17, 15) is 18.0 Å². The van der Waals surface area contributed by atoms with Crippen molar-refractivity contribution in [1.82, 2.24) is 0 Å². The van der Waals surface area contributed by atoms with Crippen molar-refractivity contribution < 1.29 is 22.7 Å². The van der Waals surface area contributed by atoms with E-state index in [1.807, 2.05) is 6.07 Å². The topological polar surface area (TPSA) is 38.3 Å². The molecule has 3 aromatic rings. The Morgan fingerprint density at radius 1 is 0.852 bits per heavy atom. The lowest BCUT2D eigenvalue weighted by Crippen LogP contribution is -2.14. The van der Waals surface area contributed by atoms with Crippen LogP contribution < -0.4 is 10.1 Å². The molecule has 3 rings (SSSR count). The first-order valence-corrected chi connectivity index (χ1v) is 8.18. The molecule has 0 bridgehead atoms. The Kier molecular flexibility index (Phi) is 5.45. The van der Waals surface area contributed by atoms with Gasteiger partial charge in [0.1, 0.15) is 12.4 Å². The van der Waals surface area contributed by atoms with Crippen LogP contribution in [0.5, 0.6) is 5.75 Å². The van der Waals surface area contributed by atoms with Gasteiger partial charge in [0.15, 0.2) is 0 Å². The van der Waals surface area contributed by atoms with Crippen molar-refractivity contribution in [3.05, 3.63) is 95.6 Å². The summed E-state index contributed by atoms with van der Waals surface area (Å²) in [4.78, 5) is 12.5. The summed E-state index contributed by atoms with van der Waals surface area (Å²) in [5.41, 5.74) is 0.102. The number of halogens is 3. The zero-order chi connectivity index (χ0) is 19.3. The van der Waals surface area contributed by atoms with E-state index in [0.717, 1.165) is 6.07 Å². The highest BCUT2D eigenvalue weighted by Gasteiger charge is 2.33. The number of nitrogens with one attached hydrogen (secondary N) is 1. The van der Waals surface area contributed by atoms with Gasteiger partial charge in [-0.1, -0.05) is 48.5 Å². The number of amides is 1. The van der Waals surface area contributed by atoms with Crippen molar-refractivity contribution in [3.8, 4) is 5.75 Å². The minimum absolute atomic E-state index is 0.00303. The summed E-state index contributed by atoms with van der Waals surface area (Å²) < 4.78 is 44.9. The number of rotatable bonds is 5. The Labute approximate surface area is 154 Å². The SMILES string of the molecule is O=C(Nc1ccccc1)c1ccccc1OCc1ccccc1C(F)(F)F. The third kappa shape index (κ3) is 4.67. The van der Waals surface area contributed by atoms with Crippen LogP contribution in [0.4, 0.5) is 18.9 Å². The largest absolute Gasteiger partial charge is 0.488 e. The molecule has 0 aliphatic rings. The van der Waals surface area contributed by atoms with Crippen LogP contribution in [-0.4, -0.2) is 5.91 Å². The Morgan fingerprint density at radius 3 is 2.22 bits per heavy atom. The van der Waals surface area contributed by atoms with E-state index in [1.54, 1.807) is 48.5 Å². The first kappa shape index (κ1) is 18.5. The normalized spacial score (nSPS) is 11.1. The number of benzene rings is 3. The predicted molar refractivity (Wildman–Crippen MR) is 96.6 cm³/mol. The maximum absolute atomic E-state index is 13.1. The third-order valence-corrected chi connectivity index (χ3v) is 3.87. The molecule has 0 atom stereocenters. The van der Waals surface area contributed by atoms with Crippen molar-refractivity contribution in [3.63, 3.8) is 0 Å². The average Bonchev–Trinajstić information content (AvgIpc) is 2.67. The van der Waals surface area contributed by atoms with Gasteiger partial charge in [0.25, 0.3) is 5.91 Å². The van der Waals surface area contributed by atoms with E-state index >= 15 is 0 Å². The number of para-hydroxylation sites is 2. The molecule has 6 heteroatoms. The molecule has 138 valence electrons. The van der Waals surface area contributed by atoms with Crippen molar-refractivity contribution in [2.75, 3.05) is 5.32 Å². The van der Waals surface area contributed by atoms with Gasteiger partial charge in [0.2, 0.25) is 0 Å². The highest BCUT2D eigenvalue weighted by molar-refractivity contribution is 6.06. The van der Waals surface area contributed by atoms with Gasteiger partial charge in [-0.05, 0) is 30.3 Å². The molecule has 27 heavy (non-hydrogen) atoms. The maximum atomic E-state index is 13.1. The van der Waals surface area contributed by atoms with E-state index in [-0.39, 0.29) is 23.5 Å². The van der Waals surface area contributed by atoms with Crippen molar-refractivity contribution in [2.45, 2.75) is 12.8 Å². The summed E-state index contributed by atoms with van der Waals surface area (Å²) in [5, 5.41) is 2.73. The lowest BCUT2D eigenvalue weighted by atomic mass is 10.1. The fourth-order valence-electron chi connectivity index (χ4n) is 2.58. The molecule has 0 aliphatic carbocycles. The summed E-state index contributed by atoms with van der Waals surface area (Å²) >= 11 is 0. The number of alkyl halides is 3. The lowest BCUT2D eigenvalue weighted by Gasteiger charge is -2.15. The lowest BCUT2D eigenvalue weighted by molar-refractivity contribution is -0.138. The molecule has 0 aromatic heterocycles. The van der Waals surface area contributed by atoms with Crippen LogP contribution in [0, 0.1) is 0 Å². The van der Waals surface area contributed by atoms with Gasteiger partial charge in [0, 0.05) is 11.3 Å². The van der Waals surface area contributed by atoms with Crippen molar-refractivity contribution >= 4 is 11.6 Å². The number of hydrogen-bond donors (Lipinski definition) is 1. The Balaban J connectivity index is 1.79. The Morgan fingerprint density at radius 2 is 1.48 bits per heavy atom. The standard InChI is InChI=1S/C21H16F3NO2/c22-21(23,24)18-12-6-4-8-15(18)14-27-19-13-7-5-11-17(19)20(26)25-16-9-2-1-3-10-16/h1-13H,14H2,(H,25,26). The molecule has 1 N–H and O–H groups in total. The van der Waals surface area contributed by atoms with E-state index in [0.29, 0.717) is 5.69 Å². The van der Waals surface area contributed by atoms with Crippen LogP contribution in [0.3, 0.4) is 0 Å². The number of anilines is 1. The first-order chi connectivity index (χ1) is 12.9. The quantitative estimate of drug-likeness (QED) is 0.640. The molecule has 0 fully saturated rings. The molecular formula is C21H16F3NO2. The molecular weight excluding hydrogens is 355 g/mol. The molecule has 0 aliphatic heterocycles. The van der Waals surface area contributed by atoms with Gasteiger partial charge in [-0.25, -0.2) is 0 Å². The van der Waals surface area contributed by atoms with Gasteiger partial charge < -0.3 is 10.1 Å². The number of carbonyl (C=O) groups is 1. The molecule has 0 spiro atoms. The van der Waals surface area contributed by atoms with E-state index in [1.165, 1.54) is 18.2 Å². The summed E-state index contributed by atoms with van der Waals surface area (Å²) in [5.74, 6) is -0.191. The van der Waals surface area contributed by atoms with E-state index in [2.05, 4.69) is 5.32 Å². The average molecular weight is 371 g/mol. The highest BCUT2D eigenvalue weighted by atomic mass is 19.4. The summed E-state index contributed by atoms with van der Waals surface area (Å²) in [6.45, 7) is -0.300. The van der Waals surface area contributed by atoms with E-state index < -0.39 is 17.6 Å². The van der Waals surface area contributed by atoms with Crippen molar-refractivity contribution in [1.29, 1.82) is 0 Å². The molecule has 0 saturated carbocycles. The minimum Gasteiger partial charge on any atom is -0.488 e. The molecule has 3 aromatic carbocycles. The maximum Gasteiger partial charge on any atom is 0.416 e. The van der Waals surface area contributed by atoms with Crippen LogP contribution in [0.25, 0.3) is 0 Å². The van der Waals surface area contributed by atoms with Crippen LogP contribution in [0.2, 0.25) is 0 Å². The van der Waals surface area contributed by atoms with Crippen LogP contribution >= 0.6 is 0 Å². The molecule has 0 radical (unpaired) electrons. The summed E-state index contributed by atoms with van der Waals surface area (Å²) in [6.07, 6.45) is -4.47. The number of hydrogen-bond acceptors (Lipinski definition) is 2. The predicted octanol–water partition coefficient (Wildman–Crippen LogP) is 5.54. The molecule has 1 amide bonds. The molecule has 3 nitrogen and oxygen atoms in total. The minimum atomic E-state index is -4.47. The third-order valence-electron chi connectivity index (χ3n) is 3.87. The zero-order valence-electron chi connectivity index (χ0n) is 14.2. The Hall–Kier alpha value is -3.28. The number of ether oxygens (including phenoxy) is 1.